The third kappa shape index (κ3) is 3.06. The number of nitrogen functional groups attached to an aromatic ring is 1. The number of aromatic nitrogens is 2. The molecule has 106 valence electrons. The predicted molar refractivity (Wildman–Crippen MR) is 82.6 cm³/mol. The van der Waals surface area contributed by atoms with E-state index in [-0.39, 0.29) is 5.82 Å². The molecule has 0 aliphatic carbocycles. The molecule has 21 heavy (non-hydrogen) atoms. The third-order valence-electron chi connectivity index (χ3n) is 3.15. The van der Waals surface area contributed by atoms with Crippen molar-refractivity contribution < 1.29 is 4.39 Å². The molecule has 1 heterocycles. The average molecular weight is 302 g/mol. The molecular weight excluding hydrogens is 289 g/mol. The zero-order valence-corrected chi connectivity index (χ0v) is 11.9. The van der Waals surface area contributed by atoms with Crippen LogP contribution in [0.3, 0.4) is 0 Å². The van der Waals surface area contributed by atoms with Crippen LogP contribution in [0.25, 0.3) is 11.3 Å². The molecule has 0 unspecified atom stereocenters. The van der Waals surface area contributed by atoms with Crippen molar-refractivity contribution in [1.82, 2.24) is 9.78 Å². The Kier molecular flexibility index (Phi) is 3.62. The van der Waals surface area contributed by atoms with Crippen LogP contribution in [0, 0.1) is 5.82 Å². The molecule has 0 amide bonds. The molecule has 1 aromatic heterocycles. The highest BCUT2D eigenvalue weighted by molar-refractivity contribution is 6.30. The molecule has 2 N–H and O–H groups in total. The van der Waals surface area contributed by atoms with Gasteiger partial charge in [-0.05, 0) is 29.8 Å². The summed E-state index contributed by atoms with van der Waals surface area (Å²) in [6, 6.07) is 15.6. The first-order valence-corrected chi connectivity index (χ1v) is 6.83. The first-order chi connectivity index (χ1) is 10.1. The summed E-state index contributed by atoms with van der Waals surface area (Å²) in [7, 11) is 0. The van der Waals surface area contributed by atoms with E-state index < -0.39 is 0 Å². The fraction of sp³-hybridized carbons (Fsp3) is 0.0625. The first kappa shape index (κ1) is 13.6. The van der Waals surface area contributed by atoms with Gasteiger partial charge in [0.05, 0.1) is 12.2 Å². The van der Waals surface area contributed by atoms with E-state index in [4.69, 9.17) is 17.3 Å². The van der Waals surface area contributed by atoms with Crippen molar-refractivity contribution in [2.75, 3.05) is 5.73 Å². The summed E-state index contributed by atoms with van der Waals surface area (Å²) in [6.07, 6.45) is 0. The van der Waals surface area contributed by atoms with E-state index in [1.165, 1.54) is 12.1 Å². The highest BCUT2D eigenvalue weighted by Crippen LogP contribution is 2.23. The molecular formula is C16H13ClFN3. The molecule has 0 atom stereocenters. The SMILES string of the molecule is Nc1cc(-c2cccc(Cl)c2)nn1Cc1cccc(F)c1. The van der Waals surface area contributed by atoms with Gasteiger partial charge in [0, 0.05) is 16.7 Å². The number of hydrogen-bond donors (Lipinski definition) is 1. The monoisotopic (exact) mass is 301 g/mol. The van der Waals surface area contributed by atoms with E-state index in [1.807, 2.05) is 24.3 Å². The summed E-state index contributed by atoms with van der Waals surface area (Å²) in [5, 5.41) is 5.10. The average Bonchev–Trinajstić information content (AvgIpc) is 2.80. The maximum atomic E-state index is 13.2. The fourth-order valence-electron chi connectivity index (χ4n) is 2.16. The van der Waals surface area contributed by atoms with Gasteiger partial charge in [0.1, 0.15) is 11.6 Å². The van der Waals surface area contributed by atoms with Gasteiger partial charge in [0.2, 0.25) is 0 Å². The minimum absolute atomic E-state index is 0.270. The normalized spacial score (nSPS) is 10.8. The van der Waals surface area contributed by atoms with Crippen molar-refractivity contribution >= 4 is 17.4 Å². The smallest absolute Gasteiger partial charge is 0.123 e. The van der Waals surface area contributed by atoms with Crippen molar-refractivity contribution in [3.63, 3.8) is 0 Å². The van der Waals surface area contributed by atoms with Crippen LogP contribution >= 0.6 is 11.6 Å². The lowest BCUT2D eigenvalue weighted by molar-refractivity contribution is 0.620. The molecule has 0 fully saturated rings. The minimum Gasteiger partial charge on any atom is -0.384 e. The molecule has 0 aliphatic rings. The number of halogens is 2. The van der Waals surface area contributed by atoms with Gasteiger partial charge in [-0.1, -0.05) is 35.9 Å². The fourth-order valence-corrected chi connectivity index (χ4v) is 2.35. The molecule has 0 radical (unpaired) electrons. The van der Waals surface area contributed by atoms with E-state index in [0.29, 0.717) is 17.4 Å². The van der Waals surface area contributed by atoms with Gasteiger partial charge >= 0.3 is 0 Å². The second-order valence-electron chi connectivity index (χ2n) is 4.75. The summed E-state index contributed by atoms with van der Waals surface area (Å²) in [5.41, 5.74) is 8.42. The van der Waals surface area contributed by atoms with E-state index >= 15 is 0 Å². The third-order valence-corrected chi connectivity index (χ3v) is 3.39. The highest BCUT2D eigenvalue weighted by Gasteiger charge is 2.08. The van der Waals surface area contributed by atoms with Gasteiger partial charge in [-0.2, -0.15) is 5.10 Å². The van der Waals surface area contributed by atoms with Crippen molar-refractivity contribution in [2.24, 2.45) is 0 Å². The lowest BCUT2D eigenvalue weighted by Gasteiger charge is -2.04. The largest absolute Gasteiger partial charge is 0.384 e. The van der Waals surface area contributed by atoms with Crippen molar-refractivity contribution in [2.45, 2.75) is 6.54 Å². The molecule has 0 bridgehead atoms. The summed E-state index contributed by atoms with van der Waals surface area (Å²) >= 11 is 5.98. The molecule has 0 saturated carbocycles. The molecule has 2 aromatic carbocycles. The van der Waals surface area contributed by atoms with Crippen LogP contribution < -0.4 is 5.73 Å². The van der Waals surface area contributed by atoms with Gasteiger partial charge in [0.25, 0.3) is 0 Å². The van der Waals surface area contributed by atoms with Crippen molar-refractivity contribution in [3.8, 4) is 11.3 Å². The summed E-state index contributed by atoms with van der Waals surface area (Å²) in [4.78, 5) is 0. The van der Waals surface area contributed by atoms with Crippen LogP contribution in [0.2, 0.25) is 5.02 Å². The Bertz CT molecular complexity index is 783. The van der Waals surface area contributed by atoms with Crippen molar-refractivity contribution in [1.29, 1.82) is 0 Å². The molecule has 0 aliphatic heterocycles. The van der Waals surface area contributed by atoms with Crippen LogP contribution in [-0.4, -0.2) is 9.78 Å². The number of benzene rings is 2. The zero-order chi connectivity index (χ0) is 14.8. The van der Waals surface area contributed by atoms with Crippen LogP contribution in [0.1, 0.15) is 5.56 Å². The van der Waals surface area contributed by atoms with Crippen LogP contribution in [0.15, 0.2) is 54.6 Å². The summed E-state index contributed by atoms with van der Waals surface area (Å²) < 4.78 is 14.9. The van der Waals surface area contributed by atoms with Gasteiger partial charge in [-0.25, -0.2) is 9.07 Å². The molecule has 3 rings (SSSR count). The van der Waals surface area contributed by atoms with Crippen LogP contribution in [-0.2, 0) is 6.54 Å². The Hall–Kier alpha value is -2.33. The Morgan fingerprint density at radius 1 is 1.10 bits per heavy atom. The number of hydrogen-bond acceptors (Lipinski definition) is 2. The van der Waals surface area contributed by atoms with Crippen molar-refractivity contribution in [3.05, 3.63) is 71.0 Å². The quantitative estimate of drug-likeness (QED) is 0.795. The Morgan fingerprint density at radius 3 is 2.67 bits per heavy atom. The van der Waals surface area contributed by atoms with Gasteiger partial charge < -0.3 is 5.73 Å². The Morgan fingerprint density at radius 2 is 1.90 bits per heavy atom. The molecule has 3 aromatic rings. The van der Waals surface area contributed by atoms with Gasteiger partial charge in [-0.3, -0.25) is 0 Å². The topological polar surface area (TPSA) is 43.8 Å². The molecule has 0 saturated heterocycles. The molecule has 3 nitrogen and oxygen atoms in total. The maximum absolute atomic E-state index is 13.2. The zero-order valence-electron chi connectivity index (χ0n) is 11.1. The number of rotatable bonds is 3. The lowest BCUT2D eigenvalue weighted by Crippen LogP contribution is -2.05. The van der Waals surface area contributed by atoms with Crippen LogP contribution in [0.5, 0.6) is 0 Å². The van der Waals surface area contributed by atoms with E-state index in [0.717, 1.165) is 16.8 Å². The standard InChI is InChI=1S/C16H13ClFN3/c17-13-5-2-4-12(8-13)15-9-16(19)21(20-15)10-11-3-1-6-14(18)7-11/h1-9H,10,19H2. The number of nitrogens with zero attached hydrogens (tertiary/aromatic N) is 2. The van der Waals surface area contributed by atoms with E-state index in [1.54, 1.807) is 22.9 Å². The maximum Gasteiger partial charge on any atom is 0.123 e. The Balaban J connectivity index is 1.91. The predicted octanol–water partition coefficient (Wildman–Crippen LogP) is 3.97. The highest BCUT2D eigenvalue weighted by atomic mass is 35.5. The molecule has 0 spiro atoms. The van der Waals surface area contributed by atoms with Gasteiger partial charge in [0.15, 0.2) is 0 Å². The first-order valence-electron chi connectivity index (χ1n) is 6.45. The Labute approximate surface area is 126 Å². The number of nitrogens with two attached hydrogens (primary N) is 1. The van der Waals surface area contributed by atoms with Crippen LogP contribution in [0.4, 0.5) is 10.2 Å². The van der Waals surface area contributed by atoms with Gasteiger partial charge in [-0.15, -0.1) is 0 Å². The van der Waals surface area contributed by atoms with E-state index in [9.17, 15) is 4.39 Å². The number of anilines is 1. The van der Waals surface area contributed by atoms with E-state index in [2.05, 4.69) is 5.10 Å². The minimum atomic E-state index is -0.270. The second-order valence-corrected chi connectivity index (χ2v) is 5.19. The molecule has 5 heteroatoms. The summed E-state index contributed by atoms with van der Waals surface area (Å²) in [5.74, 6) is 0.252. The summed E-state index contributed by atoms with van der Waals surface area (Å²) in [6.45, 7) is 0.421. The second kappa shape index (κ2) is 5.58. The lowest BCUT2D eigenvalue weighted by atomic mass is 10.1.